The van der Waals surface area contributed by atoms with E-state index < -0.39 is 0 Å². The molecular formula is C14H15N3OS. The van der Waals surface area contributed by atoms with Crippen LogP contribution in [0.1, 0.15) is 15.3 Å². The summed E-state index contributed by atoms with van der Waals surface area (Å²) in [6.07, 6.45) is 0. The van der Waals surface area contributed by atoms with Gasteiger partial charge in [0, 0.05) is 15.4 Å². The lowest BCUT2D eigenvalue weighted by Gasteiger charge is -1.97. The summed E-state index contributed by atoms with van der Waals surface area (Å²) >= 11 is 1.79. The summed E-state index contributed by atoms with van der Waals surface area (Å²) in [7, 11) is 0. The van der Waals surface area contributed by atoms with Crippen LogP contribution in [0.15, 0.2) is 28.7 Å². The van der Waals surface area contributed by atoms with Crippen LogP contribution < -0.4 is 11.1 Å². The average molecular weight is 273 g/mol. The molecule has 4 nitrogen and oxygen atoms in total. The van der Waals surface area contributed by atoms with Crippen LogP contribution in [0.5, 0.6) is 0 Å². The Labute approximate surface area is 115 Å². The van der Waals surface area contributed by atoms with Crippen LogP contribution in [-0.2, 0) is 6.54 Å². The lowest BCUT2D eigenvalue weighted by molar-refractivity contribution is 0.615. The van der Waals surface area contributed by atoms with Crippen molar-refractivity contribution in [3.8, 4) is 0 Å². The molecule has 0 saturated heterocycles. The highest BCUT2D eigenvalue weighted by molar-refractivity contribution is 7.12. The molecule has 3 rings (SSSR count). The van der Waals surface area contributed by atoms with Gasteiger partial charge in [0.2, 0.25) is 0 Å². The van der Waals surface area contributed by atoms with Crippen molar-refractivity contribution in [3.05, 3.63) is 39.6 Å². The number of aromatic nitrogens is 1. The van der Waals surface area contributed by atoms with E-state index in [0.29, 0.717) is 11.7 Å². The highest BCUT2D eigenvalue weighted by Gasteiger charge is 2.07. The zero-order chi connectivity index (χ0) is 13.4. The molecule has 0 atom stereocenters. The van der Waals surface area contributed by atoms with Gasteiger partial charge >= 0.3 is 0 Å². The Kier molecular flexibility index (Phi) is 2.91. The molecule has 98 valence electrons. The topological polar surface area (TPSA) is 64.1 Å². The molecule has 3 aromatic rings. The Morgan fingerprint density at radius 3 is 2.89 bits per heavy atom. The first kappa shape index (κ1) is 12.0. The number of hydrogen-bond acceptors (Lipinski definition) is 5. The molecule has 5 heteroatoms. The quantitative estimate of drug-likeness (QED) is 0.714. The smallest absolute Gasteiger partial charge is 0.295 e. The molecule has 0 aliphatic heterocycles. The molecule has 2 heterocycles. The third-order valence-corrected chi connectivity index (χ3v) is 4.20. The highest BCUT2D eigenvalue weighted by Crippen LogP contribution is 2.24. The molecule has 0 unspecified atom stereocenters. The van der Waals surface area contributed by atoms with Gasteiger partial charge in [-0.3, -0.25) is 0 Å². The molecule has 0 bridgehead atoms. The minimum atomic E-state index is 0.532. The third-order valence-electron chi connectivity index (χ3n) is 3.04. The van der Waals surface area contributed by atoms with Crippen molar-refractivity contribution in [2.24, 2.45) is 0 Å². The van der Waals surface area contributed by atoms with Gasteiger partial charge in [0.25, 0.3) is 6.01 Å². The van der Waals surface area contributed by atoms with Crippen molar-refractivity contribution in [3.63, 3.8) is 0 Å². The zero-order valence-electron chi connectivity index (χ0n) is 10.9. The predicted octanol–water partition coefficient (Wildman–Crippen LogP) is 3.70. The van der Waals surface area contributed by atoms with Crippen LogP contribution in [0, 0.1) is 13.8 Å². The Morgan fingerprint density at radius 1 is 1.32 bits per heavy atom. The lowest BCUT2D eigenvalue weighted by Crippen LogP contribution is -1.96. The fourth-order valence-corrected chi connectivity index (χ4v) is 2.91. The van der Waals surface area contributed by atoms with Crippen LogP contribution in [0.3, 0.4) is 0 Å². The number of hydrogen-bond donors (Lipinski definition) is 2. The summed E-state index contributed by atoms with van der Waals surface area (Å²) in [6.45, 7) is 4.98. The van der Waals surface area contributed by atoms with Crippen molar-refractivity contribution in [1.29, 1.82) is 0 Å². The summed E-state index contributed by atoms with van der Waals surface area (Å²) in [5, 5.41) is 3.20. The molecule has 1 aromatic carbocycles. The fourth-order valence-electron chi connectivity index (χ4n) is 1.92. The fraction of sp³-hybridized carbons (Fsp3) is 0.214. The maximum atomic E-state index is 5.72. The second kappa shape index (κ2) is 4.59. The maximum Gasteiger partial charge on any atom is 0.295 e. The monoisotopic (exact) mass is 273 g/mol. The van der Waals surface area contributed by atoms with Gasteiger partial charge in [-0.15, -0.1) is 11.3 Å². The molecule has 0 aliphatic carbocycles. The number of nitrogens with two attached hydrogens (primary N) is 1. The van der Waals surface area contributed by atoms with Crippen molar-refractivity contribution < 1.29 is 4.42 Å². The van der Waals surface area contributed by atoms with Crippen molar-refractivity contribution in [1.82, 2.24) is 4.98 Å². The Hall–Kier alpha value is -2.01. The molecule has 0 aliphatic rings. The number of thiophene rings is 1. The van der Waals surface area contributed by atoms with E-state index >= 15 is 0 Å². The van der Waals surface area contributed by atoms with E-state index in [1.54, 1.807) is 11.3 Å². The molecule has 2 aromatic heterocycles. The van der Waals surface area contributed by atoms with Crippen molar-refractivity contribution >= 4 is 34.1 Å². The largest absolute Gasteiger partial charge is 0.424 e. The molecular weight excluding hydrogens is 258 g/mol. The summed E-state index contributed by atoms with van der Waals surface area (Å²) in [4.78, 5) is 6.99. The maximum absolute atomic E-state index is 5.72. The number of anilines is 2. The zero-order valence-corrected chi connectivity index (χ0v) is 11.7. The standard InChI is InChI=1S/C14H15N3OS/c1-8-5-11(19-9(8)2)7-16-14-17-12-6-10(15)3-4-13(12)18-14/h3-6H,7,15H2,1-2H3,(H,16,17). The van der Waals surface area contributed by atoms with Crippen LogP contribution in [0.4, 0.5) is 11.7 Å². The Bertz CT molecular complexity index is 710. The van der Waals surface area contributed by atoms with Crippen molar-refractivity contribution in [2.75, 3.05) is 11.1 Å². The minimum absolute atomic E-state index is 0.532. The molecule has 3 N–H and O–H groups in total. The summed E-state index contributed by atoms with van der Waals surface area (Å²) in [5.41, 5.74) is 9.26. The minimum Gasteiger partial charge on any atom is -0.424 e. The lowest BCUT2D eigenvalue weighted by atomic mass is 10.3. The first-order valence-corrected chi connectivity index (χ1v) is 6.89. The first-order valence-electron chi connectivity index (χ1n) is 6.07. The molecule has 0 spiro atoms. The Balaban J connectivity index is 1.78. The van der Waals surface area contributed by atoms with E-state index in [1.807, 2.05) is 18.2 Å². The van der Waals surface area contributed by atoms with Crippen LogP contribution in [0.25, 0.3) is 11.1 Å². The Morgan fingerprint density at radius 2 is 2.16 bits per heavy atom. The first-order chi connectivity index (χ1) is 9.11. The van der Waals surface area contributed by atoms with Crippen LogP contribution in [0.2, 0.25) is 0 Å². The number of fused-ring (bicyclic) bond motifs is 1. The summed E-state index contributed by atoms with van der Waals surface area (Å²) in [5.74, 6) is 0. The predicted molar refractivity (Wildman–Crippen MR) is 79.5 cm³/mol. The molecule has 0 amide bonds. The number of benzene rings is 1. The van der Waals surface area contributed by atoms with Crippen LogP contribution >= 0.6 is 11.3 Å². The normalized spacial score (nSPS) is 11.1. The second-order valence-corrected chi connectivity index (χ2v) is 5.89. The van der Waals surface area contributed by atoms with E-state index in [0.717, 1.165) is 17.6 Å². The van der Waals surface area contributed by atoms with Gasteiger partial charge in [0.05, 0.1) is 6.54 Å². The van der Waals surface area contributed by atoms with E-state index in [4.69, 9.17) is 10.2 Å². The summed E-state index contributed by atoms with van der Waals surface area (Å²) < 4.78 is 5.61. The van der Waals surface area contributed by atoms with E-state index in [-0.39, 0.29) is 0 Å². The van der Waals surface area contributed by atoms with Gasteiger partial charge in [-0.05, 0) is 43.7 Å². The van der Waals surface area contributed by atoms with E-state index in [2.05, 4.69) is 30.2 Å². The highest BCUT2D eigenvalue weighted by atomic mass is 32.1. The van der Waals surface area contributed by atoms with Gasteiger partial charge < -0.3 is 15.5 Å². The number of nitrogen functional groups attached to an aromatic ring is 1. The number of nitrogens with zero attached hydrogens (tertiary/aromatic N) is 1. The van der Waals surface area contributed by atoms with Gasteiger partial charge in [0.1, 0.15) is 5.52 Å². The molecule has 0 saturated carbocycles. The SMILES string of the molecule is Cc1cc(CNc2nc3cc(N)ccc3o2)sc1C. The van der Waals surface area contributed by atoms with Gasteiger partial charge in [0.15, 0.2) is 5.58 Å². The molecule has 0 fully saturated rings. The van der Waals surface area contributed by atoms with Gasteiger partial charge in [-0.25, -0.2) is 0 Å². The number of rotatable bonds is 3. The van der Waals surface area contributed by atoms with Crippen LogP contribution in [-0.4, -0.2) is 4.98 Å². The molecule has 0 radical (unpaired) electrons. The van der Waals surface area contributed by atoms with E-state index in [9.17, 15) is 0 Å². The number of aryl methyl sites for hydroxylation is 2. The third kappa shape index (κ3) is 2.42. The van der Waals surface area contributed by atoms with Crippen molar-refractivity contribution in [2.45, 2.75) is 20.4 Å². The summed E-state index contributed by atoms with van der Waals surface area (Å²) in [6, 6.07) is 8.17. The second-order valence-electron chi connectivity index (χ2n) is 4.55. The van der Waals surface area contributed by atoms with Gasteiger partial charge in [-0.1, -0.05) is 0 Å². The number of nitrogens with one attached hydrogen (secondary N) is 1. The molecule has 19 heavy (non-hydrogen) atoms. The van der Waals surface area contributed by atoms with Gasteiger partial charge in [-0.2, -0.15) is 4.98 Å². The average Bonchev–Trinajstić information content (AvgIpc) is 2.90. The van der Waals surface area contributed by atoms with E-state index in [1.165, 1.54) is 15.3 Å². The number of oxazole rings is 1.